The Balaban J connectivity index is 1.32. The van der Waals surface area contributed by atoms with Crippen molar-refractivity contribution in [3.63, 3.8) is 0 Å². The van der Waals surface area contributed by atoms with Crippen LogP contribution in [0.1, 0.15) is 36.9 Å². The Morgan fingerprint density at radius 3 is 2.62 bits per heavy atom. The summed E-state index contributed by atoms with van der Waals surface area (Å²) in [4.78, 5) is 14.7. The van der Waals surface area contributed by atoms with Crippen LogP contribution in [0.2, 0.25) is 5.02 Å². The lowest BCUT2D eigenvalue weighted by atomic mass is 9.95. The number of nitrogens with zero attached hydrogens (tertiary/aromatic N) is 5. The maximum absolute atomic E-state index is 6.63. The van der Waals surface area contributed by atoms with Crippen molar-refractivity contribution >= 4 is 40.6 Å². The average Bonchev–Trinajstić information content (AvgIpc) is 3.42. The van der Waals surface area contributed by atoms with Gasteiger partial charge in [0.1, 0.15) is 6.61 Å². The fourth-order valence-electron chi connectivity index (χ4n) is 6.17. The molecular formula is C27H31ClN5O+. The Kier molecular flexibility index (Phi) is 5.46. The second-order valence-electron chi connectivity index (χ2n) is 9.95. The second kappa shape index (κ2) is 8.51. The molecule has 0 spiro atoms. The van der Waals surface area contributed by atoms with Crippen molar-refractivity contribution in [3.8, 4) is 6.01 Å². The van der Waals surface area contributed by atoms with E-state index in [9.17, 15) is 0 Å². The monoisotopic (exact) mass is 476 g/mol. The molecule has 7 heteroatoms. The zero-order valence-electron chi connectivity index (χ0n) is 19.8. The summed E-state index contributed by atoms with van der Waals surface area (Å²) in [5, 5.41) is 3.02. The van der Waals surface area contributed by atoms with Gasteiger partial charge in [0.05, 0.1) is 42.1 Å². The standard InChI is InChI=1S/C27H31ClN5O/c1-31(2)25-20-11-16-32(23-10-4-8-19-7-3-9-21(28)24(19)23)17-22(20)29-26(30-25)34-18-27-12-5-14-33(27)15-6-13-27/h3-4,7-10H,1,5-6,11-18H2,2H3/q+1. The van der Waals surface area contributed by atoms with Crippen molar-refractivity contribution < 1.29 is 9.31 Å². The molecule has 0 amide bonds. The van der Waals surface area contributed by atoms with Gasteiger partial charge in [0, 0.05) is 29.0 Å². The molecule has 1 aromatic heterocycles. The average molecular weight is 477 g/mol. The lowest BCUT2D eigenvalue weighted by Crippen LogP contribution is -2.43. The first-order valence-electron chi connectivity index (χ1n) is 12.3. The van der Waals surface area contributed by atoms with Crippen molar-refractivity contribution in [3.05, 3.63) is 52.7 Å². The first-order chi connectivity index (χ1) is 16.5. The molecule has 0 atom stereocenters. The van der Waals surface area contributed by atoms with E-state index in [4.69, 9.17) is 26.3 Å². The number of hydrogen-bond acceptors (Lipinski definition) is 5. The van der Waals surface area contributed by atoms with Crippen LogP contribution in [0.5, 0.6) is 6.01 Å². The number of ether oxygens (including phenoxy) is 1. The largest absolute Gasteiger partial charge is 0.443 e. The van der Waals surface area contributed by atoms with E-state index in [1.165, 1.54) is 38.8 Å². The third-order valence-corrected chi connectivity index (χ3v) is 8.15. The van der Waals surface area contributed by atoms with E-state index in [1.807, 2.05) is 23.8 Å². The summed E-state index contributed by atoms with van der Waals surface area (Å²) in [5.41, 5.74) is 3.49. The molecule has 0 N–H and O–H groups in total. The highest BCUT2D eigenvalue weighted by atomic mass is 35.5. The summed E-state index contributed by atoms with van der Waals surface area (Å²) in [6, 6.07) is 12.9. The van der Waals surface area contributed by atoms with Crippen LogP contribution in [-0.4, -0.2) is 65.0 Å². The van der Waals surface area contributed by atoms with Gasteiger partial charge in [0.25, 0.3) is 0 Å². The van der Waals surface area contributed by atoms with Crippen molar-refractivity contribution in [1.29, 1.82) is 0 Å². The second-order valence-corrected chi connectivity index (χ2v) is 10.4. The van der Waals surface area contributed by atoms with Gasteiger partial charge >= 0.3 is 11.8 Å². The van der Waals surface area contributed by atoms with Crippen molar-refractivity contribution in [2.75, 3.05) is 38.2 Å². The molecule has 0 bridgehead atoms. The summed E-state index contributed by atoms with van der Waals surface area (Å²) < 4.78 is 8.16. The molecule has 2 aromatic carbocycles. The number of fused-ring (bicyclic) bond motifs is 3. The van der Waals surface area contributed by atoms with Crippen LogP contribution in [0.3, 0.4) is 0 Å². The molecular weight excluding hydrogens is 446 g/mol. The third-order valence-electron chi connectivity index (χ3n) is 7.84. The van der Waals surface area contributed by atoms with Gasteiger partial charge in [0.2, 0.25) is 0 Å². The number of benzene rings is 2. The highest BCUT2D eigenvalue weighted by molar-refractivity contribution is 6.36. The normalized spacial score (nSPS) is 19.3. The highest BCUT2D eigenvalue weighted by Gasteiger charge is 2.45. The molecule has 3 aliphatic rings. The van der Waals surface area contributed by atoms with Crippen LogP contribution in [0, 0.1) is 0 Å². The molecule has 2 fully saturated rings. The fraction of sp³-hybridized carbons (Fsp3) is 0.444. The lowest BCUT2D eigenvalue weighted by Gasteiger charge is -2.32. The van der Waals surface area contributed by atoms with E-state index in [1.54, 1.807) is 0 Å². The van der Waals surface area contributed by atoms with Gasteiger partial charge < -0.3 is 9.64 Å². The van der Waals surface area contributed by atoms with Gasteiger partial charge in [0.15, 0.2) is 0 Å². The Labute approximate surface area is 205 Å². The molecule has 34 heavy (non-hydrogen) atoms. The number of hydrogen-bond donors (Lipinski definition) is 0. The van der Waals surface area contributed by atoms with Gasteiger partial charge in [-0.05, 0) is 56.3 Å². The van der Waals surface area contributed by atoms with Crippen LogP contribution in [0.25, 0.3) is 10.8 Å². The summed E-state index contributed by atoms with van der Waals surface area (Å²) >= 11 is 6.63. The summed E-state index contributed by atoms with van der Waals surface area (Å²) in [6.07, 6.45) is 5.77. The van der Waals surface area contributed by atoms with E-state index >= 15 is 0 Å². The first-order valence-corrected chi connectivity index (χ1v) is 12.7. The van der Waals surface area contributed by atoms with Gasteiger partial charge in [-0.15, -0.1) is 0 Å². The quantitative estimate of drug-likeness (QED) is 0.390. The lowest BCUT2D eigenvalue weighted by molar-refractivity contribution is -0.400. The molecule has 6 rings (SSSR count). The molecule has 0 unspecified atom stereocenters. The van der Waals surface area contributed by atoms with Gasteiger partial charge in [-0.25, -0.2) is 4.58 Å². The van der Waals surface area contributed by atoms with Crippen LogP contribution in [0.4, 0.5) is 11.5 Å². The first kappa shape index (κ1) is 21.8. The van der Waals surface area contributed by atoms with Gasteiger partial charge in [-0.2, -0.15) is 4.98 Å². The van der Waals surface area contributed by atoms with E-state index < -0.39 is 0 Å². The number of anilines is 1. The Bertz CT molecular complexity index is 1260. The number of aromatic nitrogens is 2. The predicted octanol–water partition coefficient (Wildman–Crippen LogP) is 4.83. The fourth-order valence-corrected chi connectivity index (χ4v) is 6.45. The molecule has 0 saturated carbocycles. The summed E-state index contributed by atoms with van der Waals surface area (Å²) in [7, 11) is 1.94. The maximum Gasteiger partial charge on any atom is 0.434 e. The minimum absolute atomic E-state index is 0.168. The van der Waals surface area contributed by atoms with Crippen molar-refractivity contribution in [2.24, 2.45) is 0 Å². The molecule has 3 aliphatic heterocycles. The number of halogens is 1. The predicted molar refractivity (Wildman–Crippen MR) is 137 cm³/mol. The minimum atomic E-state index is 0.168. The summed E-state index contributed by atoms with van der Waals surface area (Å²) in [5.74, 6) is 0.864. The van der Waals surface area contributed by atoms with E-state index in [0.717, 1.165) is 51.5 Å². The van der Waals surface area contributed by atoms with Crippen LogP contribution in [-0.2, 0) is 13.0 Å². The number of rotatable bonds is 5. The van der Waals surface area contributed by atoms with E-state index in [0.29, 0.717) is 19.2 Å². The Hall–Kier alpha value is -2.70. The third kappa shape index (κ3) is 3.64. The Morgan fingerprint density at radius 1 is 1.09 bits per heavy atom. The van der Waals surface area contributed by atoms with Crippen LogP contribution < -0.4 is 9.64 Å². The summed E-state index contributed by atoms with van der Waals surface area (Å²) in [6.45, 7) is 8.72. The van der Waals surface area contributed by atoms with E-state index in [2.05, 4.69) is 40.8 Å². The molecule has 6 nitrogen and oxygen atoms in total. The zero-order valence-corrected chi connectivity index (χ0v) is 20.5. The molecule has 0 radical (unpaired) electrons. The zero-order chi connectivity index (χ0) is 23.3. The molecule has 2 saturated heterocycles. The molecule has 3 aromatic rings. The van der Waals surface area contributed by atoms with Crippen molar-refractivity contribution in [2.45, 2.75) is 44.2 Å². The molecule has 0 aliphatic carbocycles. The van der Waals surface area contributed by atoms with Gasteiger partial charge in [-0.3, -0.25) is 4.90 Å². The van der Waals surface area contributed by atoms with E-state index in [-0.39, 0.29) is 5.54 Å². The maximum atomic E-state index is 6.63. The smallest absolute Gasteiger partial charge is 0.434 e. The van der Waals surface area contributed by atoms with Crippen LogP contribution >= 0.6 is 11.6 Å². The van der Waals surface area contributed by atoms with Crippen molar-refractivity contribution in [1.82, 2.24) is 14.9 Å². The highest BCUT2D eigenvalue weighted by Crippen LogP contribution is 2.40. The molecule has 4 heterocycles. The Morgan fingerprint density at radius 2 is 1.85 bits per heavy atom. The van der Waals surface area contributed by atoms with Gasteiger partial charge in [-0.1, -0.05) is 35.9 Å². The minimum Gasteiger partial charge on any atom is -0.443 e. The molecule has 176 valence electrons. The van der Waals surface area contributed by atoms with Crippen LogP contribution in [0.15, 0.2) is 36.4 Å². The SMILES string of the molecule is C=[N+](C)c1nc(OCC23CCCN2CCC3)nc2c1CCN(c1cccc3cccc(Cl)c13)C2. The topological polar surface area (TPSA) is 44.5 Å².